The van der Waals surface area contributed by atoms with E-state index in [1.807, 2.05) is 23.1 Å². The van der Waals surface area contributed by atoms with Gasteiger partial charge in [0.1, 0.15) is 6.10 Å². The number of pyridine rings is 1. The Hall–Kier alpha value is -1.66. The maximum absolute atomic E-state index is 13.0. The molecule has 4 rings (SSSR count). The molecule has 1 amide bonds. The number of carbonyl (C=O) groups excluding carboxylic acids is 1. The van der Waals surface area contributed by atoms with Crippen LogP contribution in [0.15, 0.2) is 24.4 Å². The molecule has 0 radical (unpaired) electrons. The second-order valence-electron chi connectivity index (χ2n) is 7.65. The van der Waals surface area contributed by atoms with Gasteiger partial charge in [-0.25, -0.2) is 4.98 Å². The minimum atomic E-state index is -0.529. The van der Waals surface area contributed by atoms with Gasteiger partial charge in [-0.05, 0) is 38.2 Å². The van der Waals surface area contributed by atoms with Crippen LogP contribution in [0, 0.1) is 5.41 Å². The van der Waals surface area contributed by atoms with Crippen molar-refractivity contribution < 1.29 is 19.4 Å². The molecule has 3 aliphatic rings. The molecule has 6 heteroatoms. The zero-order chi connectivity index (χ0) is 17.5. The van der Waals surface area contributed by atoms with Gasteiger partial charge in [0.2, 0.25) is 11.8 Å². The number of methoxy groups -OCH3 is 1. The summed E-state index contributed by atoms with van der Waals surface area (Å²) in [6.45, 7) is 0.651. The summed E-state index contributed by atoms with van der Waals surface area (Å²) in [5.74, 6) is 0.722. The molecule has 2 saturated carbocycles. The minimum absolute atomic E-state index is 0.0106. The lowest BCUT2D eigenvalue weighted by Crippen LogP contribution is -2.55. The van der Waals surface area contributed by atoms with E-state index in [2.05, 4.69) is 4.98 Å². The fourth-order valence-corrected chi connectivity index (χ4v) is 4.49. The first kappa shape index (κ1) is 16.8. The molecule has 0 unspecified atom stereocenters. The van der Waals surface area contributed by atoms with Crippen LogP contribution in [0.25, 0.3) is 0 Å². The molecule has 3 atom stereocenters. The summed E-state index contributed by atoms with van der Waals surface area (Å²) in [7, 11) is 1.75. The van der Waals surface area contributed by atoms with Crippen molar-refractivity contribution in [1.29, 1.82) is 0 Å². The number of aliphatic hydroxyl groups is 1. The summed E-state index contributed by atoms with van der Waals surface area (Å²) in [4.78, 5) is 19.2. The SMILES string of the molecule is CO[C@@]12CC[C@@H](Oc3ccccn3)C[C@@H]1N(C(=O)C1(CO)CC1)CC2. The van der Waals surface area contributed by atoms with Gasteiger partial charge in [-0.15, -0.1) is 0 Å². The Morgan fingerprint density at radius 3 is 2.84 bits per heavy atom. The topological polar surface area (TPSA) is 71.9 Å². The molecule has 25 heavy (non-hydrogen) atoms. The van der Waals surface area contributed by atoms with Crippen LogP contribution in [0.4, 0.5) is 0 Å². The van der Waals surface area contributed by atoms with Crippen molar-refractivity contribution in [2.75, 3.05) is 20.3 Å². The fourth-order valence-electron chi connectivity index (χ4n) is 4.49. The van der Waals surface area contributed by atoms with Crippen LogP contribution < -0.4 is 4.74 Å². The van der Waals surface area contributed by atoms with Crippen molar-refractivity contribution in [2.24, 2.45) is 5.41 Å². The Kier molecular flexibility index (Phi) is 4.20. The van der Waals surface area contributed by atoms with E-state index in [0.29, 0.717) is 12.4 Å². The highest BCUT2D eigenvalue weighted by molar-refractivity contribution is 5.86. The monoisotopic (exact) mass is 346 g/mol. The van der Waals surface area contributed by atoms with Gasteiger partial charge in [-0.3, -0.25) is 4.79 Å². The van der Waals surface area contributed by atoms with Crippen LogP contribution >= 0.6 is 0 Å². The molecular weight excluding hydrogens is 320 g/mol. The van der Waals surface area contributed by atoms with Crippen molar-refractivity contribution in [3.63, 3.8) is 0 Å². The van der Waals surface area contributed by atoms with Crippen molar-refractivity contribution in [1.82, 2.24) is 9.88 Å². The van der Waals surface area contributed by atoms with Gasteiger partial charge in [0, 0.05) is 32.3 Å². The highest BCUT2D eigenvalue weighted by Gasteiger charge is 2.58. The van der Waals surface area contributed by atoms with E-state index in [1.165, 1.54) is 0 Å². The molecule has 136 valence electrons. The molecule has 1 N–H and O–H groups in total. The van der Waals surface area contributed by atoms with Crippen LogP contribution in [-0.4, -0.2) is 58.9 Å². The van der Waals surface area contributed by atoms with Gasteiger partial charge in [0.05, 0.1) is 23.7 Å². The average molecular weight is 346 g/mol. The van der Waals surface area contributed by atoms with E-state index in [4.69, 9.17) is 9.47 Å². The molecule has 1 aromatic rings. The van der Waals surface area contributed by atoms with Gasteiger partial charge in [-0.2, -0.15) is 0 Å². The quantitative estimate of drug-likeness (QED) is 0.880. The first-order valence-corrected chi connectivity index (χ1v) is 9.17. The average Bonchev–Trinajstić information content (AvgIpc) is 3.37. The third-order valence-corrected chi connectivity index (χ3v) is 6.34. The molecule has 0 bridgehead atoms. The second kappa shape index (κ2) is 6.25. The van der Waals surface area contributed by atoms with Gasteiger partial charge >= 0.3 is 0 Å². The number of amides is 1. The van der Waals surface area contributed by atoms with Crippen LogP contribution in [0.1, 0.15) is 38.5 Å². The maximum atomic E-state index is 13.0. The lowest BCUT2D eigenvalue weighted by atomic mass is 9.79. The van der Waals surface area contributed by atoms with Crippen LogP contribution in [0.2, 0.25) is 0 Å². The van der Waals surface area contributed by atoms with Gasteiger partial charge < -0.3 is 19.5 Å². The normalized spacial score (nSPS) is 33.0. The number of aromatic nitrogens is 1. The van der Waals surface area contributed by atoms with Crippen LogP contribution in [0.5, 0.6) is 5.88 Å². The lowest BCUT2D eigenvalue weighted by Gasteiger charge is -2.43. The summed E-state index contributed by atoms with van der Waals surface area (Å²) in [6.07, 6.45) is 6.71. The number of nitrogens with zero attached hydrogens (tertiary/aromatic N) is 2. The third-order valence-electron chi connectivity index (χ3n) is 6.34. The predicted octanol–water partition coefficient (Wildman–Crippen LogP) is 1.77. The lowest BCUT2D eigenvalue weighted by molar-refractivity contribution is -0.146. The van der Waals surface area contributed by atoms with Gasteiger partial charge in [-0.1, -0.05) is 6.07 Å². The summed E-state index contributed by atoms with van der Waals surface area (Å²) in [5.41, 5.74) is -0.802. The number of ether oxygens (including phenoxy) is 2. The van der Waals surface area contributed by atoms with E-state index < -0.39 is 5.41 Å². The summed E-state index contributed by atoms with van der Waals surface area (Å²) >= 11 is 0. The maximum Gasteiger partial charge on any atom is 0.231 e. The molecule has 1 saturated heterocycles. The largest absolute Gasteiger partial charge is 0.474 e. The van der Waals surface area contributed by atoms with E-state index in [1.54, 1.807) is 13.3 Å². The number of rotatable bonds is 5. The van der Waals surface area contributed by atoms with Crippen molar-refractivity contribution in [3.8, 4) is 5.88 Å². The van der Waals surface area contributed by atoms with Crippen LogP contribution in [-0.2, 0) is 9.53 Å². The number of carbonyl (C=O) groups is 1. The van der Waals surface area contributed by atoms with E-state index >= 15 is 0 Å². The molecule has 3 fully saturated rings. The van der Waals surface area contributed by atoms with Gasteiger partial charge in [0.15, 0.2) is 0 Å². The van der Waals surface area contributed by atoms with Crippen molar-refractivity contribution in [3.05, 3.63) is 24.4 Å². The standard InChI is InChI=1S/C19H26N2O4/c1-24-19-6-5-14(25-16-4-2-3-10-20-16)12-15(19)21(11-9-19)17(23)18(13-22)7-8-18/h2-4,10,14-15,22H,5-9,11-13H2,1H3/t14-,15+,19-/m1/s1. The summed E-state index contributed by atoms with van der Waals surface area (Å²) in [6, 6.07) is 5.65. The summed E-state index contributed by atoms with van der Waals surface area (Å²) < 4.78 is 12.0. The number of likely N-dealkylation sites (tertiary alicyclic amines) is 1. The smallest absolute Gasteiger partial charge is 0.231 e. The van der Waals surface area contributed by atoms with Crippen LogP contribution in [0.3, 0.4) is 0 Å². The van der Waals surface area contributed by atoms with E-state index in [-0.39, 0.29) is 30.3 Å². The van der Waals surface area contributed by atoms with Crippen molar-refractivity contribution in [2.45, 2.75) is 56.3 Å². The molecule has 1 aromatic heterocycles. The Bertz CT molecular complexity index is 634. The fraction of sp³-hybridized carbons (Fsp3) is 0.684. The zero-order valence-corrected chi connectivity index (χ0v) is 14.7. The Morgan fingerprint density at radius 2 is 2.20 bits per heavy atom. The molecular formula is C19H26N2O4. The zero-order valence-electron chi connectivity index (χ0n) is 14.7. The number of hydrogen-bond acceptors (Lipinski definition) is 5. The minimum Gasteiger partial charge on any atom is -0.474 e. The first-order valence-electron chi connectivity index (χ1n) is 9.17. The number of aliphatic hydroxyl groups excluding tert-OH is 1. The van der Waals surface area contributed by atoms with E-state index in [0.717, 1.165) is 38.5 Å². The molecule has 0 spiro atoms. The van der Waals surface area contributed by atoms with Gasteiger partial charge in [0.25, 0.3) is 0 Å². The second-order valence-corrected chi connectivity index (χ2v) is 7.65. The Morgan fingerprint density at radius 1 is 1.36 bits per heavy atom. The Balaban J connectivity index is 1.51. The molecule has 6 nitrogen and oxygen atoms in total. The van der Waals surface area contributed by atoms with E-state index in [9.17, 15) is 9.90 Å². The molecule has 2 heterocycles. The highest BCUT2D eigenvalue weighted by Crippen LogP contribution is 2.50. The first-order chi connectivity index (χ1) is 12.1. The molecule has 2 aliphatic carbocycles. The number of fused-ring (bicyclic) bond motifs is 1. The predicted molar refractivity (Wildman–Crippen MR) is 91.1 cm³/mol. The van der Waals surface area contributed by atoms with Crippen molar-refractivity contribution >= 4 is 5.91 Å². The molecule has 1 aliphatic heterocycles. The molecule has 0 aromatic carbocycles. The summed E-state index contributed by atoms with van der Waals surface area (Å²) in [5, 5.41) is 9.64. The number of hydrogen-bond donors (Lipinski definition) is 1. The Labute approximate surface area is 148 Å². The third kappa shape index (κ3) is 2.81. The highest BCUT2D eigenvalue weighted by atomic mass is 16.5.